The molecule has 0 aliphatic carbocycles. The summed E-state index contributed by atoms with van der Waals surface area (Å²) in [4.78, 5) is 17.5. The molecule has 0 saturated carbocycles. The maximum absolute atomic E-state index is 11.7. The monoisotopic (exact) mass is 303 g/mol. The van der Waals surface area contributed by atoms with Gasteiger partial charge in [0.1, 0.15) is 10.3 Å². The van der Waals surface area contributed by atoms with E-state index < -0.39 is 0 Å². The van der Waals surface area contributed by atoms with E-state index in [-0.39, 0.29) is 5.91 Å². The van der Waals surface area contributed by atoms with Crippen LogP contribution < -0.4 is 5.32 Å². The predicted octanol–water partition coefficient (Wildman–Crippen LogP) is 2.59. The quantitative estimate of drug-likeness (QED) is 0.822. The number of rotatable bonds is 6. The molecule has 1 heterocycles. The molecule has 1 aromatic rings. The van der Waals surface area contributed by atoms with Gasteiger partial charge in [0.2, 0.25) is 5.91 Å². The molecule has 0 aromatic carbocycles. The number of likely N-dealkylation sites (N-methyl/N-ethyl adjacent to an activating group) is 1. The highest BCUT2D eigenvalue weighted by molar-refractivity contribution is 6.32. The van der Waals surface area contributed by atoms with E-state index >= 15 is 0 Å². The van der Waals surface area contributed by atoms with E-state index in [0.29, 0.717) is 35.9 Å². The molecule has 0 aliphatic rings. The molecule has 0 bridgehead atoms. The van der Waals surface area contributed by atoms with Crippen molar-refractivity contribution in [2.75, 3.05) is 20.1 Å². The Morgan fingerprint density at radius 2 is 2.11 bits per heavy atom. The molecule has 106 valence electrons. The molecule has 0 saturated heterocycles. The number of carbonyl (C=O) groups excluding carboxylic acids is 1. The van der Waals surface area contributed by atoms with Crippen molar-refractivity contribution in [3.8, 4) is 0 Å². The third-order valence-electron chi connectivity index (χ3n) is 2.45. The topological polar surface area (TPSA) is 45.2 Å². The van der Waals surface area contributed by atoms with Gasteiger partial charge in [0.05, 0.1) is 6.54 Å². The maximum Gasteiger partial charge on any atom is 0.234 e. The summed E-state index contributed by atoms with van der Waals surface area (Å²) in [5.41, 5.74) is 0.852. The number of pyridine rings is 1. The van der Waals surface area contributed by atoms with E-state index in [4.69, 9.17) is 23.2 Å². The molecule has 0 atom stereocenters. The fraction of sp³-hybridized carbons (Fsp3) is 0.538. The van der Waals surface area contributed by atoms with Crippen LogP contribution in [0.4, 0.5) is 0 Å². The number of nitrogens with one attached hydrogen (secondary N) is 1. The van der Waals surface area contributed by atoms with Crippen molar-refractivity contribution in [1.29, 1.82) is 0 Å². The lowest BCUT2D eigenvalue weighted by Gasteiger charge is -2.17. The average Bonchev–Trinajstić information content (AvgIpc) is 2.30. The minimum absolute atomic E-state index is 0.00856. The number of halogens is 2. The fourth-order valence-electron chi connectivity index (χ4n) is 1.52. The van der Waals surface area contributed by atoms with Gasteiger partial charge >= 0.3 is 0 Å². The zero-order valence-electron chi connectivity index (χ0n) is 11.4. The van der Waals surface area contributed by atoms with Crippen LogP contribution in [0, 0.1) is 5.92 Å². The van der Waals surface area contributed by atoms with Crippen LogP contribution in [0.1, 0.15) is 19.4 Å². The molecular formula is C13H19Cl2N3O. The van der Waals surface area contributed by atoms with Gasteiger partial charge in [-0.1, -0.05) is 43.1 Å². The third kappa shape index (κ3) is 6.23. The van der Waals surface area contributed by atoms with Crippen LogP contribution in [0.2, 0.25) is 10.3 Å². The van der Waals surface area contributed by atoms with Gasteiger partial charge in [0.25, 0.3) is 0 Å². The van der Waals surface area contributed by atoms with Gasteiger partial charge in [-0.15, -0.1) is 0 Å². The third-order valence-corrected chi connectivity index (χ3v) is 2.99. The standard InChI is InChI=1S/C13H19Cl2N3O/c1-9(2)6-16-12(19)8-18(3)7-10-4-5-11(14)17-13(10)15/h4-5,9H,6-8H2,1-3H3,(H,16,19). The summed E-state index contributed by atoms with van der Waals surface area (Å²) in [6.07, 6.45) is 0. The Bertz CT molecular complexity index is 438. The molecule has 1 rings (SSSR count). The van der Waals surface area contributed by atoms with Crippen molar-refractivity contribution in [2.24, 2.45) is 5.92 Å². The number of carbonyl (C=O) groups is 1. The lowest BCUT2D eigenvalue weighted by molar-refractivity contribution is -0.122. The second-order valence-electron chi connectivity index (χ2n) is 4.95. The number of nitrogens with zero attached hydrogens (tertiary/aromatic N) is 2. The summed E-state index contributed by atoms with van der Waals surface area (Å²) >= 11 is 11.7. The van der Waals surface area contributed by atoms with E-state index in [1.54, 1.807) is 6.07 Å². The summed E-state index contributed by atoms with van der Waals surface area (Å²) in [7, 11) is 1.86. The molecule has 4 nitrogen and oxygen atoms in total. The van der Waals surface area contributed by atoms with Crippen LogP contribution >= 0.6 is 23.2 Å². The minimum atomic E-state index is 0.00856. The van der Waals surface area contributed by atoms with E-state index in [2.05, 4.69) is 24.1 Å². The summed E-state index contributed by atoms with van der Waals surface area (Å²) in [6.45, 7) is 5.69. The van der Waals surface area contributed by atoms with Gasteiger partial charge in [-0.2, -0.15) is 0 Å². The number of hydrogen-bond acceptors (Lipinski definition) is 3. The first kappa shape index (κ1) is 16.2. The SMILES string of the molecule is CC(C)CNC(=O)CN(C)Cc1ccc(Cl)nc1Cl. The van der Waals surface area contributed by atoms with Crippen LogP contribution in [0.5, 0.6) is 0 Å². The summed E-state index contributed by atoms with van der Waals surface area (Å²) in [6, 6.07) is 3.51. The molecule has 6 heteroatoms. The number of amides is 1. The van der Waals surface area contributed by atoms with Crippen molar-refractivity contribution >= 4 is 29.1 Å². The Morgan fingerprint density at radius 3 is 2.68 bits per heavy atom. The molecular weight excluding hydrogens is 285 g/mol. The maximum atomic E-state index is 11.7. The van der Waals surface area contributed by atoms with Crippen LogP contribution in [-0.2, 0) is 11.3 Å². The Balaban J connectivity index is 2.46. The number of aromatic nitrogens is 1. The molecule has 0 spiro atoms. The molecule has 19 heavy (non-hydrogen) atoms. The minimum Gasteiger partial charge on any atom is -0.355 e. The normalized spacial score (nSPS) is 11.1. The smallest absolute Gasteiger partial charge is 0.234 e. The Hall–Kier alpha value is -0.840. The first-order valence-corrected chi connectivity index (χ1v) is 6.90. The van der Waals surface area contributed by atoms with Crippen LogP contribution in [0.15, 0.2) is 12.1 Å². The van der Waals surface area contributed by atoms with E-state index in [1.807, 2.05) is 18.0 Å². The average molecular weight is 304 g/mol. The molecule has 1 aromatic heterocycles. The Morgan fingerprint density at radius 1 is 1.42 bits per heavy atom. The molecule has 0 aliphatic heterocycles. The van der Waals surface area contributed by atoms with Crippen molar-refractivity contribution < 1.29 is 4.79 Å². The van der Waals surface area contributed by atoms with E-state index in [9.17, 15) is 4.79 Å². The largest absolute Gasteiger partial charge is 0.355 e. The van der Waals surface area contributed by atoms with Crippen molar-refractivity contribution in [3.05, 3.63) is 28.0 Å². The van der Waals surface area contributed by atoms with Crippen LogP contribution in [-0.4, -0.2) is 35.9 Å². The molecule has 0 unspecified atom stereocenters. The van der Waals surface area contributed by atoms with E-state index in [1.165, 1.54) is 0 Å². The lowest BCUT2D eigenvalue weighted by Crippen LogP contribution is -2.36. The van der Waals surface area contributed by atoms with Gasteiger partial charge in [0.15, 0.2) is 0 Å². The second kappa shape index (κ2) is 7.68. The van der Waals surface area contributed by atoms with Crippen LogP contribution in [0.25, 0.3) is 0 Å². The van der Waals surface area contributed by atoms with Gasteiger partial charge in [0, 0.05) is 18.7 Å². The van der Waals surface area contributed by atoms with Crippen molar-refractivity contribution in [3.63, 3.8) is 0 Å². The zero-order valence-corrected chi connectivity index (χ0v) is 12.9. The highest BCUT2D eigenvalue weighted by Gasteiger charge is 2.10. The second-order valence-corrected chi connectivity index (χ2v) is 5.70. The van der Waals surface area contributed by atoms with Crippen LogP contribution in [0.3, 0.4) is 0 Å². The van der Waals surface area contributed by atoms with Gasteiger partial charge < -0.3 is 5.32 Å². The highest BCUT2D eigenvalue weighted by Crippen LogP contribution is 2.17. The van der Waals surface area contributed by atoms with Gasteiger partial charge in [-0.3, -0.25) is 9.69 Å². The van der Waals surface area contributed by atoms with Gasteiger partial charge in [-0.05, 0) is 19.0 Å². The lowest BCUT2D eigenvalue weighted by atomic mass is 10.2. The molecule has 1 amide bonds. The van der Waals surface area contributed by atoms with Gasteiger partial charge in [-0.25, -0.2) is 4.98 Å². The Labute approximate surface area is 124 Å². The molecule has 1 N–H and O–H groups in total. The Kier molecular flexibility index (Phi) is 6.55. The van der Waals surface area contributed by atoms with Crippen molar-refractivity contribution in [2.45, 2.75) is 20.4 Å². The predicted molar refractivity (Wildman–Crippen MR) is 78.4 cm³/mol. The number of hydrogen-bond donors (Lipinski definition) is 1. The van der Waals surface area contributed by atoms with Crippen molar-refractivity contribution in [1.82, 2.24) is 15.2 Å². The zero-order chi connectivity index (χ0) is 14.4. The fourth-order valence-corrected chi connectivity index (χ4v) is 1.93. The molecule has 0 fully saturated rings. The first-order valence-electron chi connectivity index (χ1n) is 6.14. The summed E-state index contributed by atoms with van der Waals surface area (Å²) < 4.78 is 0. The van der Waals surface area contributed by atoms with E-state index in [0.717, 1.165) is 5.56 Å². The molecule has 0 radical (unpaired) electrons. The highest BCUT2D eigenvalue weighted by atomic mass is 35.5. The summed E-state index contributed by atoms with van der Waals surface area (Å²) in [5, 5.41) is 3.62. The first-order chi connectivity index (χ1) is 8.88. The summed E-state index contributed by atoms with van der Waals surface area (Å²) in [5.74, 6) is 0.457.